The quantitative estimate of drug-likeness (QED) is 0.0355. The van der Waals surface area contributed by atoms with Crippen LogP contribution in [0.2, 0.25) is 0 Å². The highest BCUT2D eigenvalue weighted by atomic mass is 32.2. The number of rotatable bonds is 26. The molecule has 54 heavy (non-hydrogen) atoms. The highest BCUT2D eigenvalue weighted by Gasteiger charge is 2.46. The van der Waals surface area contributed by atoms with Crippen molar-refractivity contribution in [1.29, 1.82) is 0 Å². The van der Waals surface area contributed by atoms with Gasteiger partial charge in [-0.05, 0) is 38.5 Å². The summed E-state index contributed by atoms with van der Waals surface area (Å²) >= 11 is 0. The largest absolute Gasteiger partial charge is 0.462 e. The lowest BCUT2D eigenvalue weighted by atomic mass is 10.00. The van der Waals surface area contributed by atoms with E-state index in [4.69, 9.17) is 18.9 Å². The molecule has 0 aliphatic carbocycles. The van der Waals surface area contributed by atoms with Gasteiger partial charge in [0.05, 0.1) is 6.61 Å². The number of unbranched alkanes of at least 4 members (excludes halogenated alkanes) is 2. The Morgan fingerprint density at radius 2 is 1.07 bits per heavy atom. The maximum atomic E-state index is 12.7. The van der Waals surface area contributed by atoms with Crippen molar-refractivity contribution in [3.05, 3.63) is 122 Å². The number of carbonyl (C=O) groups excluding carboxylic acids is 2. The van der Waals surface area contributed by atoms with E-state index in [-0.39, 0.29) is 19.4 Å². The van der Waals surface area contributed by atoms with Crippen molar-refractivity contribution >= 4 is 22.1 Å². The van der Waals surface area contributed by atoms with Crippen LogP contribution < -0.4 is 0 Å². The van der Waals surface area contributed by atoms with Crippen molar-refractivity contribution in [2.24, 2.45) is 0 Å². The van der Waals surface area contributed by atoms with Crippen LogP contribution in [0.4, 0.5) is 0 Å². The zero-order chi connectivity index (χ0) is 39.9. The number of esters is 2. The van der Waals surface area contributed by atoms with Crippen LogP contribution in [0.25, 0.3) is 0 Å². The first kappa shape index (κ1) is 48.1. The molecule has 0 bridgehead atoms. The summed E-state index contributed by atoms with van der Waals surface area (Å²) in [5, 5.41) is 30.7. The highest BCUT2D eigenvalue weighted by Crippen LogP contribution is 2.23. The van der Waals surface area contributed by atoms with Crippen molar-refractivity contribution in [3.8, 4) is 0 Å². The number of hydrogen-bond acceptors (Lipinski definition) is 11. The Kier molecular flexibility index (Phi) is 27.0. The monoisotopic (exact) mass is 774 g/mol. The van der Waals surface area contributed by atoms with Crippen LogP contribution in [-0.2, 0) is 38.7 Å². The van der Waals surface area contributed by atoms with Gasteiger partial charge in [0.15, 0.2) is 12.4 Å². The van der Waals surface area contributed by atoms with E-state index in [1.165, 1.54) is 0 Å². The van der Waals surface area contributed by atoms with E-state index in [1.807, 2.05) is 109 Å². The van der Waals surface area contributed by atoms with Crippen LogP contribution in [0.1, 0.15) is 65.2 Å². The first-order valence-corrected chi connectivity index (χ1v) is 19.8. The van der Waals surface area contributed by atoms with Crippen LogP contribution in [0.3, 0.4) is 0 Å². The summed E-state index contributed by atoms with van der Waals surface area (Å²) in [5.74, 6) is -2.21. The van der Waals surface area contributed by atoms with Gasteiger partial charge in [-0.25, -0.2) is 0 Å². The van der Waals surface area contributed by atoms with Gasteiger partial charge in [0.25, 0.3) is 10.1 Å². The van der Waals surface area contributed by atoms with Gasteiger partial charge in [-0.15, -0.1) is 0 Å². The van der Waals surface area contributed by atoms with Crippen molar-refractivity contribution in [2.75, 3.05) is 19.0 Å². The number of carbonyl (C=O) groups is 2. The lowest BCUT2D eigenvalue weighted by Crippen LogP contribution is -2.60. The summed E-state index contributed by atoms with van der Waals surface area (Å²) in [4.78, 5) is 25.1. The van der Waals surface area contributed by atoms with Gasteiger partial charge < -0.3 is 34.3 Å². The Morgan fingerprint density at radius 3 is 1.54 bits per heavy atom. The second-order valence-corrected chi connectivity index (χ2v) is 13.5. The molecular weight excluding hydrogens is 717 g/mol. The van der Waals surface area contributed by atoms with Crippen molar-refractivity contribution in [2.45, 2.75) is 102 Å². The average Bonchev–Trinajstić information content (AvgIpc) is 3.13. The Morgan fingerprint density at radius 1 is 0.630 bits per heavy atom. The fourth-order valence-electron chi connectivity index (χ4n) is 4.50. The smallest absolute Gasteiger partial charge is 0.306 e. The summed E-state index contributed by atoms with van der Waals surface area (Å²) < 4.78 is 53.6. The molecule has 1 fully saturated rings. The topological polar surface area (TPSA) is 186 Å². The van der Waals surface area contributed by atoms with Gasteiger partial charge in [0.2, 0.25) is 0 Å². The summed E-state index contributed by atoms with van der Waals surface area (Å²) in [6.45, 7) is 3.28. The molecule has 1 rings (SSSR count). The SMILES string of the molecule is CC/C=C/C=C/C=C/C=C/C=C/CCCC(=O)OCC(CO[C@@H]1O[C@@H](CS(=O)(=O)O)[C@H](O)C(O)C1O)OC(=O)CCC/C=C/C=C/C=C/C=C/C=C/CC. The molecule has 12 nitrogen and oxygen atoms in total. The van der Waals surface area contributed by atoms with Crippen LogP contribution in [0.5, 0.6) is 0 Å². The Labute approximate surface area is 320 Å². The predicted molar refractivity (Wildman–Crippen MR) is 210 cm³/mol. The van der Waals surface area contributed by atoms with E-state index in [0.29, 0.717) is 25.7 Å². The zero-order valence-electron chi connectivity index (χ0n) is 31.3. The molecule has 3 unspecified atom stereocenters. The molecular formula is C41H58O12S. The Bertz CT molecular complexity index is 1470. The highest BCUT2D eigenvalue weighted by molar-refractivity contribution is 7.85. The van der Waals surface area contributed by atoms with Crippen LogP contribution in [0, 0.1) is 0 Å². The lowest BCUT2D eigenvalue weighted by molar-refractivity contribution is -0.297. The summed E-state index contributed by atoms with van der Waals surface area (Å²) in [7, 11) is -4.62. The van der Waals surface area contributed by atoms with Gasteiger partial charge in [-0.2, -0.15) is 8.42 Å². The average molecular weight is 775 g/mol. The fourth-order valence-corrected chi connectivity index (χ4v) is 5.19. The molecule has 0 spiro atoms. The lowest BCUT2D eigenvalue weighted by Gasteiger charge is -2.40. The number of hydrogen-bond donors (Lipinski definition) is 4. The number of ether oxygens (including phenoxy) is 4. The molecule has 13 heteroatoms. The third-order valence-corrected chi connectivity index (χ3v) is 8.04. The predicted octanol–water partition coefficient (Wildman–Crippen LogP) is 5.88. The molecule has 6 atom stereocenters. The molecule has 300 valence electrons. The summed E-state index contributed by atoms with van der Waals surface area (Å²) in [6, 6.07) is 0. The molecule has 1 heterocycles. The minimum Gasteiger partial charge on any atom is -0.462 e. The van der Waals surface area contributed by atoms with Gasteiger partial charge >= 0.3 is 11.9 Å². The standard InChI is InChI=1S/C41H58O12S/c1-3-5-7-9-11-13-15-17-19-21-23-25-27-29-36(42)50-31-34(32-51-41-40(46)39(45)38(44)35(53-41)33-54(47,48)49)52-37(43)30-28-26-24-22-20-18-16-14-12-10-8-6-4-2/h5-24,34-35,38-41,44-46H,3-4,25-33H2,1-2H3,(H,47,48,49)/b7-5+,8-6+,11-9+,12-10+,15-13+,16-14+,19-17+,20-18+,23-21+,24-22+/t34?,35-,38-,39?,40?,41+/m0/s1. The van der Waals surface area contributed by atoms with Crippen LogP contribution >= 0.6 is 0 Å². The molecule has 0 aromatic carbocycles. The molecule has 1 aliphatic heterocycles. The first-order chi connectivity index (χ1) is 26.0. The number of aliphatic hydroxyl groups excluding tert-OH is 3. The third-order valence-electron chi connectivity index (χ3n) is 7.29. The molecule has 1 saturated heterocycles. The van der Waals surface area contributed by atoms with Crippen LogP contribution in [0.15, 0.2) is 122 Å². The zero-order valence-corrected chi connectivity index (χ0v) is 32.1. The van der Waals surface area contributed by atoms with Gasteiger partial charge in [-0.3, -0.25) is 14.1 Å². The molecule has 0 radical (unpaired) electrons. The van der Waals surface area contributed by atoms with E-state index in [0.717, 1.165) is 12.8 Å². The Balaban J connectivity index is 2.69. The van der Waals surface area contributed by atoms with Gasteiger partial charge in [0, 0.05) is 12.8 Å². The fraction of sp³-hybridized carbons (Fsp3) is 0.463. The van der Waals surface area contributed by atoms with Crippen molar-refractivity contribution in [1.82, 2.24) is 0 Å². The second-order valence-electron chi connectivity index (χ2n) is 12.0. The van der Waals surface area contributed by atoms with E-state index in [9.17, 15) is 37.9 Å². The van der Waals surface area contributed by atoms with Gasteiger partial charge in [-0.1, -0.05) is 135 Å². The minimum absolute atomic E-state index is 0.0436. The van der Waals surface area contributed by atoms with Crippen molar-refractivity contribution in [3.63, 3.8) is 0 Å². The second kappa shape index (κ2) is 30.4. The van der Waals surface area contributed by atoms with E-state index < -0.39 is 71.2 Å². The first-order valence-electron chi connectivity index (χ1n) is 18.2. The molecule has 4 N–H and O–H groups in total. The summed E-state index contributed by atoms with van der Waals surface area (Å²) in [5.41, 5.74) is 0. The van der Waals surface area contributed by atoms with E-state index in [2.05, 4.69) is 26.0 Å². The molecule has 1 aliphatic rings. The number of aliphatic hydroxyl groups is 3. The maximum absolute atomic E-state index is 12.7. The molecule has 0 saturated carbocycles. The third kappa shape index (κ3) is 25.1. The maximum Gasteiger partial charge on any atom is 0.306 e. The van der Waals surface area contributed by atoms with E-state index in [1.54, 1.807) is 0 Å². The Hall–Kier alpha value is -3.95. The number of allylic oxidation sites excluding steroid dienone is 20. The van der Waals surface area contributed by atoms with Crippen molar-refractivity contribution < 1.29 is 56.8 Å². The molecule has 0 aromatic heterocycles. The normalized spacial score (nSPS) is 22.4. The van der Waals surface area contributed by atoms with Crippen LogP contribution in [-0.4, -0.2) is 96.0 Å². The minimum atomic E-state index is -4.62. The molecule has 0 aromatic rings. The molecule has 0 amide bonds. The van der Waals surface area contributed by atoms with Gasteiger partial charge in [0.1, 0.15) is 36.8 Å². The van der Waals surface area contributed by atoms with E-state index >= 15 is 0 Å². The summed E-state index contributed by atoms with van der Waals surface area (Å²) in [6.07, 6.45) is 32.9.